The van der Waals surface area contributed by atoms with E-state index in [1.54, 1.807) is 36.4 Å². The van der Waals surface area contributed by atoms with Crippen LogP contribution in [-0.2, 0) is 4.79 Å². The Bertz CT molecular complexity index is 1430. The number of non-ortho nitro benzene ring substituents is 1. The molecule has 2 aromatic carbocycles. The second-order valence-corrected chi connectivity index (χ2v) is 8.60. The van der Waals surface area contributed by atoms with E-state index in [-0.39, 0.29) is 28.7 Å². The zero-order valence-corrected chi connectivity index (χ0v) is 19.5. The van der Waals surface area contributed by atoms with Gasteiger partial charge in [-0.2, -0.15) is 0 Å². The number of hydrogen-bond acceptors (Lipinski definition) is 7. The molecule has 1 amide bonds. The zero-order chi connectivity index (χ0) is 25.1. The van der Waals surface area contributed by atoms with Crippen molar-refractivity contribution in [3.8, 4) is 11.3 Å². The van der Waals surface area contributed by atoms with E-state index in [0.717, 1.165) is 11.8 Å². The Labute approximate surface area is 208 Å². The summed E-state index contributed by atoms with van der Waals surface area (Å²) >= 11 is 7.30. The fourth-order valence-corrected chi connectivity index (χ4v) is 4.48. The maximum Gasteiger partial charge on any atom is 0.335 e. The van der Waals surface area contributed by atoms with E-state index in [1.165, 1.54) is 35.2 Å². The number of hydrogen-bond donors (Lipinski definition) is 1. The average molecular weight is 510 g/mol. The second-order valence-electron chi connectivity index (χ2n) is 7.19. The highest BCUT2D eigenvalue weighted by Gasteiger charge is 2.33. The van der Waals surface area contributed by atoms with E-state index < -0.39 is 10.9 Å². The molecule has 0 aliphatic carbocycles. The Balaban J connectivity index is 1.63. The van der Waals surface area contributed by atoms with Gasteiger partial charge in [0.1, 0.15) is 11.5 Å². The van der Waals surface area contributed by atoms with Crippen LogP contribution in [0.4, 0.5) is 11.4 Å². The number of nitro benzene ring substituents is 1. The molecule has 35 heavy (non-hydrogen) atoms. The monoisotopic (exact) mass is 509 g/mol. The van der Waals surface area contributed by atoms with Gasteiger partial charge in [0.2, 0.25) is 0 Å². The molecular formula is C24H16ClN3O6S. The number of aliphatic imine (C=N–C) groups is 1. The smallest absolute Gasteiger partial charge is 0.335 e. The average Bonchev–Trinajstić information content (AvgIpc) is 3.40. The van der Waals surface area contributed by atoms with Crippen molar-refractivity contribution in [2.75, 3.05) is 6.54 Å². The molecule has 3 aromatic rings. The lowest BCUT2D eigenvalue weighted by molar-refractivity contribution is -0.384. The van der Waals surface area contributed by atoms with Gasteiger partial charge < -0.3 is 9.52 Å². The number of aromatic carboxylic acids is 1. The first-order valence-corrected chi connectivity index (χ1v) is 11.2. The topological polar surface area (TPSA) is 126 Å². The molecule has 4 rings (SSSR count). The van der Waals surface area contributed by atoms with Crippen LogP contribution in [0, 0.1) is 10.1 Å². The van der Waals surface area contributed by atoms with Crippen molar-refractivity contribution in [3.05, 3.63) is 98.6 Å². The van der Waals surface area contributed by atoms with E-state index >= 15 is 0 Å². The number of carboxylic acid groups (broad SMARTS) is 1. The molecule has 0 saturated carbocycles. The summed E-state index contributed by atoms with van der Waals surface area (Å²) in [5.41, 5.74) is 0.814. The largest absolute Gasteiger partial charge is 0.478 e. The third-order valence-electron chi connectivity index (χ3n) is 4.85. The molecule has 1 aliphatic heterocycles. The van der Waals surface area contributed by atoms with Gasteiger partial charge in [0.15, 0.2) is 5.17 Å². The van der Waals surface area contributed by atoms with E-state index in [1.807, 2.05) is 0 Å². The van der Waals surface area contributed by atoms with Crippen LogP contribution in [0.25, 0.3) is 17.4 Å². The molecule has 1 N–H and O–H groups in total. The Morgan fingerprint density at radius 1 is 1.26 bits per heavy atom. The van der Waals surface area contributed by atoms with Crippen LogP contribution in [0.5, 0.6) is 0 Å². The van der Waals surface area contributed by atoms with E-state index in [9.17, 15) is 24.8 Å². The molecule has 1 saturated heterocycles. The Hall–Kier alpha value is -4.15. The Morgan fingerprint density at radius 2 is 2.06 bits per heavy atom. The van der Waals surface area contributed by atoms with Crippen molar-refractivity contribution in [2.45, 2.75) is 0 Å². The number of nitrogens with zero attached hydrogens (tertiary/aromatic N) is 3. The van der Waals surface area contributed by atoms with E-state index in [0.29, 0.717) is 32.8 Å². The van der Waals surface area contributed by atoms with Crippen LogP contribution in [0.2, 0.25) is 5.02 Å². The van der Waals surface area contributed by atoms with Crippen LogP contribution in [0.3, 0.4) is 0 Å². The van der Waals surface area contributed by atoms with Crippen LogP contribution in [-0.4, -0.2) is 38.5 Å². The summed E-state index contributed by atoms with van der Waals surface area (Å²) < 4.78 is 5.81. The van der Waals surface area contributed by atoms with Gasteiger partial charge in [-0.15, -0.1) is 6.58 Å². The number of amides is 1. The van der Waals surface area contributed by atoms with Gasteiger partial charge >= 0.3 is 5.97 Å². The first-order chi connectivity index (χ1) is 16.8. The maximum atomic E-state index is 13.0. The third-order valence-corrected chi connectivity index (χ3v) is 6.17. The van der Waals surface area contributed by atoms with Gasteiger partial charge in [0, 0.05) is 30.3 Å². The van der Waals surface area contributed by atoms with Gasteiger partial charge in [-0.25, -0.2) is 9.79 Å². The molecule has 0 unspecified atom stereocenters. The molecular weight excluding hydrogens is 494 g/mol. The SMILES string of the molecule is C=CCN1C(=O)/C(=C\c2ccc(-c3ccc([N+](=O)[O-])cc3Cl)o2)SC1=Nc1cccc(C(=O)O)c1. The standard InChI is InChI=1S/C24H16ClN3O6S/c1-2-10-27-22(29)21(35-24(27)26-15-5-3-4-14(11-15)23(30)31)13-17-7-9-20(34-17)18-8-6-16(28(32)33)12-19(18)25/h2-9,11-13H,1,10H2,(H,30,31)/b21-13+,26-24?. The summed E-state index contributed by atoms with van der Waals surface area (Å²) in [6, 6.07) is 13.5. The molecule has 11 heteroatoms. The quantitative estimate of drug-likeness (QED) is 0.179. The highest BCUT2D eigenvalue weighted by atomic mass is 35.5. The van der Waals surface area contributed by atoms with Gasteiger partial charge in [-0.1, -0.05) is 23.7 Å². The second kappa shape index (κ2) is 10.00. The molecule has 9 nitrogen and oxygen atoms in total. The van der Waals surface area contributed by atoms with Gasteiger partial charge in [0.25, 0.3) is 11.6 Å². The molecule has 176 valence electrons. The van der Waals surface area contributed by atoms with Crippen molar-refractivity contribution >= 4 is 57.9 Å². The van der Waals surface area contributed by atoms with E-state index in [2.05, 4.69) is 11.6 Å². The lowest BCUT2D eigenvalue weighted by Crippen LogP contribution is -2.29. The predicted molar refractivity (Wildman–Crippen MR) is 134 cm³/mol. The summed E-state index contributed by atoms with van der Waals surface area (Å²) in [6.45, 7) is 3.89. The minimum absolute atomic E-state index is 0.0835. The van der Waals surface area contributed by atoms with Crippen molar-refractivity contribution < 1.29 is 24.0 Å². The third kappa shape index (κ3) is 5.18. The number of carboxylic acids is 1. The number of thioether (sulfide) groups is 1. The number of amidine groups is 1. The molecule has 1 aromatic heterocycles. The molecule has 1 fully saturated rings. The van der Waals surface area contributed by atoms with Crippen LogP contribution in [0.15, 0.2) is 81.6 Å². The van der Waals surface area contributed by atoms with Crippen molar-refractivity contribution in [1.82, 2.24) is 4.90 Å². The molecule has 0 spiro atoms. The summed E-state index contributed by atoms with van der Waals surface area (Å²) in [5.74, 6) is -0.630. The highest BCUT2D eigenvalue weighted by molar-refractivity contribution is 8.18. The van der Waals surface area contributed by atoms with Crippen LogP contribution in [0.1, 0.15) is 16.1 Å². The van der Waals surface area contributed by atoms with Crippen LogP contribution < -0.4 is 0 Å². The van der Waals surface area contributed by atoms with Crippen molar-refractivity contribution in [2.24, 2.45) is 4.99 Å². The molecule has 0 atom stereocenters. The lowest BCUT2D eigenvalue weighted by atomic mass is 10.1. The number of nitro groups is 1. The number of carbonyl (C=O) groups is 2. The highest BCUT2D eigenvalue weighted by Crippen LogP contribution is 2.36. The maximum absolute atomic E-state index is 13.0. The molecule has 0 bridgehead atoms. The van der Waals surface area contributed by atoms with Crippen molar-refractivity contribution in [1.29, 1.82) is 0 Å². The van der Waals surface area contributed by atoms with Gasteiger partial charge in [-0.05, 0) is 48.2 Å². The minimum Gasteiger partial charge on any atom is -0.478 e. The summed E-state index contributed by atoms with van der Waals surface area (Å²) in [7, 11) is 0. The minimum atomic E-state index is -1.08. The summed E-state index contributed by atoms with van der Waals surface area (Å²) in [4.78, 5) is 40.9. The number of furan rings is 1. The summed E-state index contributed by atoms with van der Waals surface area (Å²) in [6.07, 6.45) is 3.12. The number of carbonyl (C=O) groups excluding carboxylic acids is 1. The summed E-state index contributed by atoms with van der Waals surface area (Å²) in [5, 5.41) is 20.7. The molecule has 2 heterocycles. The van der Waals surface area contributed by atoms with Crippen molar-refractivity contribution in [3.63, 3.8) is 0 Å². The van der Waals surface area contributed by atoms with Gasteiger partial charge in [-0.3, -0.25) is 19.8 Å². The fourth-order valence-electron chi connectivity index (χ4n) is 3.22. The van der Waals surface area contributed by atoms with E-state index in [4.69, 9.17) is 16.0 Å². The predicted octanol–water partition coefficient (Wildman–Crippen LogP) is 6.00. The zero-order valence-electron chi connectivity index (χ0n) is 17.9. The van der Waals surface area contributed by atoms with Gasteiger partial charge in [0.05, 0.1) is 26.1 Å². The first kappa shape index (κ1) is 24.0. The first-order valence-electron chi connectivity index (χ1n) is 10.1. The molecule has 0 radical (unpaired) electrons. The normalized spacial score (nSPS) is 15.7. The number of rotatable bonds is 7. The Kier molecular flexibility index (Phi) is 6.85. The fraction of sp³-hybridized carbons (Fsp3) is 0.0417. The lowest BCUT2D eigenvalue weighted by Gasteiger charge is -2.12. The number of benzene rings is 2. The van der Waals surface area contributed by atoms with Crippen LogP contribution >= 0.6 is 23.4 Å². The number of halogens is 1. The molecule has 1 aliphatic rings. The Morgan fingerprint density at radius 3 is 2.74 bits per heavy atom.